The van der Waals surface area contributed by atoms with E-state index in [1.807, 2.05) is 6.92 Å². The van der Waals surface area contributed by atoms with E-state index in [1.165, 1.54) is 0 Å². The van der Waals surface area contributed by atoms with E-state index in [-0.39, 0.29) is 11.5 Å². The Balaban J connectivity index is 2.61. The molecule has 2 heterocycles. The molecule has 5 nitrogen and oxygen atoms in total. The summed E-state index contributed by atoms with van der Waals surface area (Å²) in [5.74, 6) is 5.09. The number of aryl methyl sites for hydroxylation is 2. The third-order valence-electron chi connectivity index (χ3n) is 2.41. The summed E-state index contributed by atoms with van der Waals surface area (Å²) in [6, 6.07) is 1.78. The van der Waals surface area contributed by atoms with Crippen molar-refractivity contribution in [3.63, 3.8) is 0 Å². The van der Waals surface area contributed by atoms with Gasteiger partial charge in [-0.1, -0.05) is 0 Å². The van der Waals surface area contributed by atoms with Crippen molar-refractivity contribution in [3.8, 4) is 11.4 Å². The molecule has 0 spiro atoms. The minimum Gasteiger partial charge on any atom is -0.306 e. The molecule has 6 heteroatoms. The van der Waals surface area contributed by atoms with Gasteiger partial charge < -0.3 is 5.43 Å². The highest BCUT2D eigenvalue weighted by Gasteiger charge is 2.12. The summed E-state index contributed by atoms with van der Waals surface area (Å²) < 4.78 is 13.5. The molecule has 17 heavy (non-hydrogen) atoms. The Kier molecular flexibility index (Phi) is 2.97. The van der Waals surface area contributed by atoms with E-state index in [9.17, 15) is 4.39 Å². The van der Waals surface area contributed by atoms with Gasteiger partial charge in [-0.3, -0.25) is 4.98 Å². The van der Waals surface area contributed by atoms with E-state index in [0.29, 0.717) is 5.82 Å². The quantitative estimate of drug-likeness (QED) is 0.608. The minimum absolute atomic E-state index is 0.0105. The minimum atomic E-state index is -0.539. The molecule has 0 saturated heterocycles. The first-order chi connectivity index (χ1) is 8.13. The van der Waals surface area contributed by atoms with Crippen molar-refractivity contribution in [1.82, 2.24) is 15.0 Å². The van der Waals surface area contributed by atoms with Crippen molar-refractivity contribution in [2.75, 3.05) is 5.43 Å². The number of pyridine rings is 1. The van der Waals surface area contributed by atoms with Crippen molar-refractivity contribution in [2.24, 2.45) is 5.84 Å². The van der Waals surface area contributed by atoms with Gasteiger partial charge in [-0.25, -0.2) is 20.2 Å². The van der Waals surface area contributed by atoms with Gasteiger partial charge in [0.1, 0.15) is 0 Å². The molecule has 0 aliphatic rings. The standard InChI is InChI=1S/C11H12FN5/c1-6-5-14-4-3-8(6)10-15-7(2)9(12)11(16-10)17-13/h3-5H,13H2,1-2H3,(H,15,16,17). The Bertz CT molecular complexity index is 556. The van der Waals surface area contributed by atoms with Crippen LogP contribution in [0.5, 0.6) is 0 Å². The number of hydrogen-bond acceptors (Lipinski definition) is 5. The van der Waals surface area contributed by atoms with Gasteiger partial charge in [-0.05, 0) is 25.5 Å². The number of hydrogen-bond donors (Lipinski definition) is 2. The van der Waals surface area contributed by atoms with Crippen molar-refractivity contribution in [2.45, 2.75) is 13.8 Å². The highest BCUT2D eigenvalue weighted by atomic mass is 19.1. The maximum Gasteiger partial charge on any atom is 0.187 e. The maximum atomic E-state index is 13.5. The van der Waals surface area contributed by atoms with E-state index in [2.05, 4.69) is 20.4 Å². The normalized spacial score (nSPS) is 10.4. The van der Waals surface area contributed by atoms with Gasteiger partial charge in [-0.15, -0.1) is 0 Å². The van der Waals surface area contributed by atoms with Gasteiger partial charge in [0.05, 0.1) is 5.69 Å². The first-order valence-electron chi connectivity index (χ1n) is 5.05. The van der Waals surface area contributed by atoms with Crippen molar-refractivity contribution >= 4 is 5.82 Å². The number of hydrazine groups is 1. The van der Waals surface area contributed by atoms with Crippen LogP contribution in [0.2, 0.25) is 0 Å². The molecule has 0 bridgehead atoms. The molecular formula is C11H12FN5. The molecule has 88 valence electrons. The number of nitrogens with two attached hydrogens (primary N) is 1. The fraction of sp³-hybridized carbons (Fsp3) is 0.182. The van der Waals surface area contributed by atoms with Gasteiger partial charge in [0.15, 0.2) is 17.5 Å². The Hall–Kier alpha value is -2.08. The summed E-state index contributed by atoms with van der Waals surface area (Å²) in [5, 5.41) is 0. The SMILES string of the molecule is Cc1cnccc1-c1nc(C)c(F)c(NN)n1. The first kappa shape index (κ1) is 11.4. The number of nitrogens with one attached hydrogen (secondary N) is 1. The Labute approximate surface area is 97.9 Å². The molecule has 0 radical (unpaired) electrons. The average molecular weight is 233 g/mol. The van der Waals surface area contributed by atoms with Crippen molar-refractivity contribution < 1.29 is 4.39 Å². The molecular weight excluding hydrogens is 221 g/mol. The fourth-order valence-corrected chi connectivity index (χ4v) is 1.50. The Morgan fingerprint density at radius 3 is 2.71 bits per heavy atom. The van der Waals surface area contributed by atoms with Crippen LogP contribution in [0.25, 0.3) is 11.4 Å². The third-order valence-corrected chi connectivity index (χ3v) is 2.41. The topological polar surface area (TPSA) is 76.7 Å². The summed E-state index contributed by atoms with van der Waals surface area (Å²) >= 11 is 0. The van der Waals surface area contributed by atoms with Gasteiger partial charge >= 0.3 is 0 Å². The number of nitrogen functional groups attached to an aromatic ring is 1. The Morgan fingerprint density at radius 1 is 1.29 bits per heavy atom. The zero-order chi connectivity index (χ0) is 12.4. The number of rotatable bonds is 2. The zero-order valence-corrected chi connectivity index (χ0v) is 9.53. The lowest BCUT2D eigenvalue weighted by Gasteiger charge is -2.08. The van der Waals surface area contributed by atoms with E-state index >= 15 is 0 Å². The second kappa shape index (κ2) is 4.42. The predicted molar refractivity (Wildman–Crippen MR) is 62.5 cm³/mol. The molecule has 0 saturated carbocycles. The maximum absolute atomic E-state index is 13.5. The summed E-state index contributed by atoms with van der Waals surface area (Å²) in [5.41, 5.74) is 4.20. The summed E-state index contributed by atoms with van der Waals surface area (Å²) in [6.45, 7) is 3.46. The lowest BCUT2D eigenvalue weighted by Crippen LogP contribution is -2.13. The van der Waals surface area contributed by atoms with E-state index in [0.717, 1.165) is 11.1 Å². The summed E-state index contributed by atoms with van der Waals surface area (Å²) in [4.78, 5) is 12.1. The van der Waals surface area contributed by atoms with Crippen LogP contribution >= 0.6 is 0 Å². The first-order valence-corrected chi connectivity index (χ1v) is 5.05. The number of anilines is 1. The van der Waals surface area contributed by atoms with Crippen LogP contribution in [-0.2, 0) is 0 Å². The van der Waals surface area contributed by atoms with Crippen molar-refractivity contribution in [1.29, 1.82) is 0 Å². The lowest BCUT2D eigenvalue weighted by atomic mass is 10.1. The third kappa shape index (κ3) is 2.07. The number of halogens is 1. The number of aromatic nitrogens is 3. The average Bonchev–Trinajstić information content (AvgIpc) is 2.33. The molecule has 2 aromatic heterocycles. The second-order valence-electron chi connectivity index (χ2n) is 3.63. The van der Waals surface area contributed by atoms with E-state index < -0.39 is 5.82 Å². The van der Waals surface area contributed by atoms with Crippen LogP contribution in [0, 0.1) is 19.7 Å². The highest BCUT2D eigenvalue weighted by molar-refractivity contribution is 5.60. The highest BCUT2D eigenvalue weighted by Crippen LogP contribution is 2.22. The fourth-order valence-electron chi connectivity index (χ4n) is 1.50. The van der Waals surface area contributed by atoms with Crippen LogP contribution in [-0.4, -0.2) is 15.0 Å². The molecule has 0 aliphatic heterocycles. The van der Waals surface area contributed by atoms with Crippen LogP contribution in [0.1, 0.15) is 11.3 Å². The molecule has 2 rings (SSSR count). The van der Waals surface area contributed by atoms with E-state index in [4.69, 9.17) is 5.84 Å². The molecule has 0 aliphatic carbocycles. The molecule has 0 aromatic carbocycles. The smallest absolute Gasteiger partial charge is 0.187 e. The molecule has 0 atom stereocenters. The molecule has 3 N–H and O–H groups in total. The monoisotopic (exact) mass is 233 g/mol. The second-order valence-corrected chi connectivity index (χ2v) is 3.63. The van der Waals surface area contributed by atoms with Crippen LogP contribution in [0.15, 0.2) is 18.5 Å². The number of nitrogens with zero attached hydrogens (tertiary/aromatic N) is 3. The van der Waals surface area contributed by atoms with Gasteiger partial charge in [-0.2, -0.15) is 0 Å². The lowest BCUT2D eigenvalue weighted by molar-refractivity contribution is 0.606. The van der Waals surface area contributed by atoms with Gasteiger partial charge in [0, 0.05) is 18.0 Å². The van der Waals surface area contributed by atoms with Crippen LogP contribution in [0.3, 0.4) is 0 Å². The van der Waals surface area contributed by atoms with Gasteiger partial charge in [0.2, 0.25) is 0 Å². The molecule has 0 amide bonds. The largest absolute Gasteiger partial charge is 0.306 e. The zero-order valence-electron chi connectivity index (χ0n) is 9.53. The van der Waals surface area contributed by atoms with Crippen LogP contribution < -0.4 is 11.3 Å². The molecule has 2 aromatic rings. The summed E-state index contributed by atoms with van der Waals surface area (Å²) in [7, 11) is 0. The van der Waals surface area contributed by atoms with E-state index in [1.54, 1.807) is 25.4 Å². The molecule has 0 unspecified atom stereocenters. The van der Waals surface area contributed by atoms with Crippen LogP contribution in [0.4, 0.5) is 10.2 Å². The van der Waals surface area contributed by atoms with Crippen molar-refractivity contribution in [3.05, 3.63) is 35.5 Å². The Morgan fingerprint density at radius 2 is 2.06 bits per heavy atom. The predicted octanol–water partition coefficient (Wildman–Crippen LogP) is 1.58. The van der Waals surface area contributed by atoms with Gasteiger partial charge in [0.25, 0.3) is 0 Å². The summed E-state index contributed by atoms with van der Waals surface area (Å²) in [6.07, 6.45) is 3.34. The molecule has 0 fully saturated rings.